The zero-order chi connectivity index (χ0) is 33.2. The van der Waals surface area contributed by atoms with E-state index in [0.717, 1.165) is 30.0 Å². The van der Waals surface area contributed by atoms with Gasteiger partial charge in [-0.3, -0.25) is 0 Å². The number of hydrogen-bond acceptors (Lipinski definition) is 2. The van der Waals surface area contributed by atoms with Crippen LogP contribution in [0.3, 0.4) is 0 Å². The van der Waals surface area contributed by atoms with Gasteiger partial charge in [-0.25, -0.2) is 0 Å². The molecule has 0 bridgehead atoms. The molecule has 0 fully saturated rings. The fraction of sp³-hybridized carbons (Fsp3) is 0.106. The zero-order valence-corrected chi connectivity index (χ0v) is 28.1. The molecule has 1 aliphatic carbocycles. The number of nitrogens with zero attached hydrogens (tertiary/aromatic N) is 2. The van der Waals surface area contributed by atoms with Gasteiger partial charge in [-0.2, -0.15) is 0 Å². The average Bonchev–Trinajstić information content (AvgIpc) is 3.44. The van der Waals surface area contributed by atoms with Crippen molar-refractivity contribution in [3.8, 4) is 11.1 Å². The molecule has 1 atom stereocenters. The predicted molar refractivity (Wildman–Crippen MR) is 209 cm³/mol. The first-order chi connectivity index (χ1) is 24.2. The lowest BCUT2D eigenvalue weighted by Gasteiger charge is -2.38. The van der Waals surface area contributed by atoms with Crippen LogP contribution in [0.4, 0.5) is 22.7 Å². The van der Waals surface area contributed by atoms with Crippen LogP contribution in [0.1, 0.15) is 37.0 Å². The number of fused-ring (bicyclic) bond motifs is 9. The molecule has 0 saturated heterocycles. The lowest BCUT2D eigenvalue weighted by atomic mass is 9.69. The van der Waals surface area contributed by atoms with E-state index < -0.39 is 5.41 Å². The first-order valence-corrected chi connectivity index (χ1v) is 17.3. The molecule has 6 aromatic carbocycles. The van der Waals surface area contributed by atoms with Gasteiger partial charge in [0.15, 0.2) is 0 Å². The predicted octanol–water partition coefficient (Wildman–Crippen LogP) is 12.4. The molecule has 238 valence electrons. The lowest BCUT2D eigenvalue weighted by molar-refractivity contribution is 0.643. The molecule has 1 unspecified atom stereocenters. The summed E-state index contributed by atoms with van der Waals surface area (Å²) in [6.45, 7) is 5.08. The van der Waals surface area contributed by atoms with Gasteiger partial charge >= 0.3 is 0 Å². The van der Waals surface area contributed by atoms with Gasteiger partial charge in [0.25, 0.3) is 0 Å². The highest BCUT2D eigenvalue weighted by Crippen LogP contribution is 2.59. The lowest BCUT2D eigenvalue weighted by Crippen LogP contribution is -2.31. The molecule has 0 aromatic heterocycles. The second-order valence-electron chi connectivity index (χ2n) is 12.9. The maximum Gasteiger partial charge on any atom is 0.0519 e. The van der Waals surface area contributed by atoms with Crippen LogP contribution in [-0.4, -0.2) is 6.54 Å². The summed E-state index contributed by atoms with van der Waals surface area (Å²) in [6.07, 6.45) is 16.4. The van der Waals surface area contributed by atoms with Crippen molar-refractivity contribution >= 4 is 33.5 Å². The van der Waals surface area contributed by atoms with E-state index in [2.05, 4.69) is 206 Å². The van der Waals surface area contributed by atoms with Crippen molar-refractivity contribution in [2.45, 2.75) is 25.7 Å². The quantitative estimate of drug-likeness (QED) is 0.175. The Morgan fingerprint density at radius 2 is 1.35 bits per heavy atom. The van der Waals surface area contributed by atoms with Gasteiger partial charge in [-0.05, 0) is 107 Å². The number of rotatable bonds is 5. The summed E-state index contributed by atoms with van der Waals surface area (Å²) < 4.78 is 0. The Labute approximate surface area is 290 Å². The van der Waals surface area contributed by atoms with Gasteiger partial charge in [0.05, 0.1) is 5.41 Å². The minimum absolute atomic E-state index is 0.429. The monoisotopic (exact) mass is 632 g/mol. The van der Waals surface area contributed by atoms with Crippen LogP contribution < -0.4 is 9.80 Å². The van der Waals surface area contributed by atoms with E-state index in [9.17, 15) is 0 Å². The highest BCUT2D eigenvalue weighted by Gasteiger charge is 2.46. The normalized spacial score (nSPS) is 18.2. The summed E-state index contributed by atoms with van der Waals surface area (Å²) in [7, 11) is 0. The van der Waals surface area contributed by atoms with Gasteiger partial charge < -0.3 is 9.80 Å². The highest BCUT2D eigenvalue weighted by atomic mass is 15.1. The molecule has 1 aliphatic heterocycles. The second-order valence-corrected chi connectivity index (χ2v) is 12.9. The van der Waals surface area contributed by atoms with E-state index in [-0.39, 0.29) is 0 Å². The molecule has 0 radical (unpaired) electrons. The molecule has 2 aliphatic rings. The fourth-order valence-corrected chi connectivity index (χ4v) is 7.92. The summed E-state index contributed by atoms with van der Waals surface area (Å²) in [5, 5.41) is 2.57. The molecule has 2 heteroatoms. The van der Waals surface area contributed by atoms with Gasteiger partial charge in [0, 0.05) is 35.0 Å². The maximum absolute atomic E-state index is 2.48. The van der Waals surface area contributed by atoms with E-state index in [0.29, 0.717) is 0 Å². The minimum atomic E-state index is -0.429. The molecular weight excluding hydrogens is 593 g/mol. The SMILES string of the molecule is C/C=C\C=C(/C)N1C/C=C\C=C/CC2(c3cc(N(c4ccccc4)c4ccccc4)ccc3-c3c2ccc2ccccc32)c2ccccc21. The molecule has 8 rings (SSSR count). The summed E-state index contributed by atoms with van der Waals surface area (Å²) in [4.78, 5) is 4.85. The number of para-hydroxylation sites is 3. The second kappa shape index (κ2) is 13.0. The standard InChI is InChI=1S/C47H40N2/c1-3-4-19-35(2)48-33-18-6-5-17-32-47(42-26-15-16-27-45(42)48)43-31-28-36-20-13-14-25-40(36)46(43)41-30-29-39(34-44(41)47)49(37-21-9-7-10-22-37)38-23-11-8-12-24-38/h3-31,34H,32-33H2,1-2H3/b4-3-,17-5-,18-6-,35-19+. The summed E-state index contributed by atoms with van der Waals surface area (Å²) >= 11 is 0. The highest BCUT2D eigenvalue weighted by molar-refractivity contribution is 6.04. The van der Waals surface area contributed by atoms with Crippen LogP contribution in [0.25, 0.3) is 21.9 Å². The first kappa shape index (κ1) is 30.5. The van der Waals surface area contributed by atoms with Gasteiger partial charge in [0.1, 0.15) is 0 Å². The van der Waals surface area contributed by atoms with Crippen molar-refractivity contribution < 1.29 is 0 Å². The first-order valence-electron chi connectivity index (χ1n) is 17.3. The van der Waals surface area contributed by atoms with Crippen LogP contribution >= 0.6 is 0 Å². The summed E-state index contributed by atoms with van der Waals surface area (Å²) in [5.74, 6) is 0. The third-order valence-electron chi connectivity index (χ3n) is 10.1. The molecular formula is C47H40N2. The van der Waals surface area contributed by atoms with Crippen LogP contribution in [0, 0.1) is 0 Å². The number of benzene rings is 6. The van der Waals surface area contributed by atoms with E-state index >= 15 is 0 Å². The molecule has 1 spiro atoms. The Morgan fingerprint density at radius 1 is 0.653 bits per heavy atom. The number of allylic oxidation sites excluding steroid dienone is 7. The Morgan fingerprint density at radius 3 is 2.12 bits per heavy atom. The molecule has 6 aromatic rings. The van der Waals surface area contributed by atoms with Crippen molar-refractivity contribution in [2.24, 2.45) is 0 Å². The Hall–Kier alpha value is -5.86. The Kier molecular flexibility index (Phi) is 8.07. The van der Waals surface area contributed by atoms with Gasteiger partial charge in [0.2, 0.25) is 0 Å². The zero-order valence-electron chi connectivity index (χ0n) is 28.1. The van der Waals surface area contributed by atoms with Crippen LogP contribution in [0.2, 0.25) is 0 Å². The van der Waals surface area contributed by atoms with E-state index in [1.165, 1.54) is 50.0 Å². The Bertz CT molecular complexity index is 2220. The largest absolute Gasteiger partial charge is 0.341 e. The summed E-state index contributed by atoms with van der Waals surface area (Å²) in [5.41, 5.74) is 12.1. The summed E-state index contributed by atoms with van der Waals surface area (Å²) in [6, 6.07) is 51.3. The Balaban J connectivity index is 1.46. The van der Waals surface area contributed by atoms with Gasteiger partial charge in [-0.1, -0.05) is 134 Å². The molecule has 0 saturated carbocycles. The molecule has 1 heterocycles. The smallest absolute Gasteiger partial charge is 0.0519 e. The molecule has 49 heavy (non-hydrogen) atoms. The van der Waals surface area contributed by atoms with Crippen molar-refractivity contribution in [1.82, 2.24) is 0 Å². The van der Waals surface area contributed by atoms with E-state index in [1.807, 2.05) is 0 Å². The molecule has 2 nitrogen and oxygen atoms in total. The van der Waals surface area contributed by atoms with Crippen LogP contribution in [0.15, 0.2) is 188 Å². The molecule has 0 N–H and O–H groups in total. The number of anilines is 4. The van der Waals surface area contributed by atoms with Crippen molar-refractivity contribution in [3.63, 3.8) is 0 Å². The van der Waals surface area contributed by atoms with Crippen molar-refractivity contribution in [3.05, 3.63) is 204 Å². The topological polar surface area (TPSA) is 6.48 Å². The van der Waals surface area contributed by atoms with E-state index in [1.54, 1.807) is 0 Å². The number of hydrogen-bond donors (Lipinski definition) is 0. The average molecular weight is 633 g/mol. The minimum Gasteiger partial charge on any atom is -0.341 e. The molecule has 0 amide bonds. The van der Waals surface area contributed by atoms with E-state index in [4.69, 9.17) is 0 Å². The third-order valence-corrected chi connectivity index (χ3v) is 10.1. The van der Waals surface area contributed by atoms with Gasteiger partial charge in [-0.15, -0.1) is 0 Å². The third kappa shape index (κ3) is 5.21. The van der Waals surface area contributed by atoms with Crippen LogP contribution in [0.5, 0.6) is 0 Å². The fourth-order valence-electron chi connectivity index (χ4n) is 7.92. The van der Waals surface area contributed by atoms with Crippen molar-refractivity contribution in [2.75, 3.05) is 16.3 Å². The van der Waals surface area contributed by atoms with Crippen molar-refractivity contribution in [1.29, 1.82) is 0 Å². The maximum atomic E-state index is 2.48. The van der Waals surface area contributed by atoms with Crippen LogP contribution in [-0.2, 0) is 5.41 Å².